The Hall–Kier alpha value is -1.75. The maximum absolute atomic E-state index is 11.0. The summed E-state index contributed by atoms with van der Waals surface area (Å²) < 4.78 is 0. The normalized spacial score (nSPS) is 9.76. The molecule has 0 aliphatic heterocycles. The van der Waals surface area contributed by atoms with Crippen molar-refractivity contribution in [3.05, 3.63) is 28.8 Å². The van der Waals surface area contributed by atoms with Crippen LogP contribution in [0.15, 0.2) is 18.2 Å². The van der Waals surface area contributed by atoms with E-state index in [4.69, 9.17) is 16.7 Å². The van der Waals surface area contributed by atoms with Crippen molar-refractivity contribution in [3.63, 3.8) is 0 Å². The quantitative estimate of drug-likeness (QED) is 0.748. The summed E-state index contributed by atoms with van der Waals surface area (Å²) in [6.07, 6.45) is 0.276. The predicted molar refractivity (Wildman–Crippen MR) is 65.6 cm³/mol. The predicted octanol–water partition coefficient (Wildman–Crippen LogP) is 1.59. The van der Waals surface area contributed by atoms with Crippen molar-refractivity contribution < 1.29 is 14.7 Å². The van der Waals surface area contributed by atoms with Crippen molar-refractivity contribution >= 4 is 29.2 Å². The molecule has 0 unspecified atom stereocenters. The molecule has 3 N–H and O–H groups in total. The number of nitrogens with one attached hydrogen (secondary N) is 2. The Kier molecular flexibility index (Phi) is 4.78. The summed E-state index contributed by atoms with van der Waals surface area (Å²) in [5.41, 5.74) is 0.542. The summed E-state index contributed by atoms with van der Waals surface area (Å²) in [6, 6.07) is 4.54. The van der Waals surface area contributed by atoms with Crippen molar-refractivity contribution in [3.8, 4) is 0 Å². The molecule has 1 amide bonds. The molecular weight excluding hydrogens is 244 g/mol. The fourth-order valence-electron chi connectivity index (χ4n) is 1.28. The summed E-state index contributed by atoms with van der Waals surface area (Å²) in [7, 11) is 1.55. The van der Waals surface area contributed by atoms with Crippen LogP contribution in [0.2, 0.25) is 5.02 Å². The number of carbonyl (C=O) groups is 2. The molecule has 0 aromatic heterocycles. The lowest BCUT2D eigenvalue weighted by Crippen LogP contribution is -2.21. The topological polar surface area (TPSA) is 78.4 Å². The minimum atomic E-state index is -1.06. The SMILES string of the molecule is CNC(=O)CCNc1ccc(Cl)cc1C(=O)O. The van der Waals surface area contributed by atoms with Gasteiger partial charge < -0.3 is 15.7 Å². The molecule has 17 heavy (non-hydrogen) atoms. The number of halogens is 1. The van der Waals surface area contributed by atoms with Gasteiger partial charge in [0.05, 0.1) is 5.56 Å². The number of anilines is 1. The monoisotopic (exact) mass is 256 g/mol. The number of rotatable bonds is 5. The van der Waals surface area contributed by atoms with Crippen molar-refractivity contribution in [2.24, 2.45) is 0 Å². The van der Waals surface area contributed by atoms with E-state index in [-0.39, 0.29) is 17.9 Å². The molecule has 92 valence electrons. The Bertz CT molecular complexity index is 435. The first-order valence-corrected chi connectivity index (χ1v) is 5.39. The third-order valence-corrected chi connectivity index (χ3v) is 2.39. The van der Waals surface area contributed by atoms with E-state index in [1.807, 2.05) is 0 Å². The van der Waals surface area contributed by atoms with E-state index in [1.165, 1.54) is 6.07 Å². The summed E-state index contributed by atoms with van der Waals surface area (Å²) in [5, 5.41) is 14.7. The molecule has 0 bridgehead atoms. The first kappa shape index (κ1) is 13.3. The van der Waals surface area contributed by atoms with Gasteiger partial charge in [0.15, 0.2) is 0 Å². The Balaban J connectivity index is 2.70. The van der Waals surface area contributed by atoms with E-state index < -0.39 is 5.97 Å². The van der Waals surface area contributed by atoms with Gasteiger partial charge in [-0.25, -0.2) is 4.79 Å². The third kappa shape index (κ3) is 3.96. The fraction of sp³-hybridized carbons (Fsp3) is 0.273. The number of carboxylic acid groups (broad SMARTS) is 1. The molecule has 0 atom stereocenters. The van der Waals surface area contributed by atoms with Gasteiger partial charge in [-0.1, -0.05) is 11.6 Å². The van der Waals surface area contributed by atoms with Gasteiger partial charge in [0.2, 0.25) is 5.91 Å². The van der Waals surface area contributed by atoms with Crippen molar-refractivity contribution in [1.29, 1.82) is 0 Å². The van der Waals surface area contributed by atoms with Crippen molar-refractivity contribution in [2.45, 2.75) is 6.42 Å². The van der Waals surface area contributed by atoms with Gasteiger partial charge in [-0.2, -0.15) is 0 Å². The number of aromatic carboxylic acids is 1. The molecule has 1 aromatic rings. The van der Waals surface area contributed by atoms with Crippen LogP contribution in [0.4, 0.5) is 5.69 Å². The Morgan fingerprint density at radius 2 is 2.12 bits per heavy atom. The van der Waals surface area contributed by atoms with Crippen LogP contribution in [0.1, 0.15) is 16.8 Å². The zero-order valence-corrected chi connectivity index (χ0v) is 10.0. The van der Waals surface area contributed by atoms with Crippen molar-refractivity contribution in [2.75, 3.05) is 18.9 Å². The van der Waals surface area contributed by atoms with Crippen molar-refractivity contribution in [1.82, 2.24) is 5.32 Å². The first-order chi connectivity index (χ1) is 8.04. The number of hydrogen-bond donors (Lipinski definition) is 3. The molecule has 0 aliphatic carbocycles. The summed E-state index contributed by atoms with van der Waals surface area (Å²) in [4.78, 5) is 21.9. The van der Waals surface area contributed by atoms with Gasteiger partial charge in [0, 0.05) is 30.7 Å². The molecular formula is C11H13ClN2O3. The minimum absolute atomic E-state index is 0.0920. The standard InChI is InChI=1S/C11H13ClN2O3/c1-13-10(15)4-5-14-9-3-2-7(12)6-8(9)11(16)17/h2-3,6,14H,4-5H2,1H3,(H,13,15)(H,16,17). The highest BCUT2D eigenvalue weighted by Gasteiger charge is 2.10. The highest BCUT2D eigenvalue weighted by atomic mass is 35.5. The lowest BCUT2D eigenvalue weighted by molar-refractivity contribution is -0.120. The molecule has 0 heterocycles. The van der Waals surface area contributed by atoms with Crippen LogP contribution in [0.25, 0.3) is 0 Å². The fourth-order valence-corrected chi connectivity index (χ4v) is 1.46. The van der Waals surface area contributed by atoms with Crippen LogP contribution < -0.4 is 10.6 Å². The van der Waals surface area contributed by atoms with Crippen LogP contribution >= 0.6 is 11.6 Å². The second-order valence-corrected chi connectivity index (χ2v) is 3.78. The average molecular weight is 257 g/mol. The molecule has 0 spiro atoms. The number of carboxylic acids is 1. The highest BCUT2D eigenvalue weighted by molar-refractivity contribution is 6.31. The van der Waals surface area contributed by atoms with Gasteiger partial charge in [-0.05, 0) is 18.2 Å². The van der Waals surface area contributed by atoms with Gasteiger partial charge in [0.1, 0.15) is 0 Å². The van der Waals surface area contributed by atoms with E-state index in [0.717, 1.165) is 0 Å². The number of benzene rings is 1. The Labute approximate surface area is 104 Å². The molecule has 0 saturated carbocycles. The van der Waals surface area contributed by atoms with Crippen LogP contribution in [-0.2, 0) is 4.79 Å². The van der Waals surface area contributed by atoms with E-state index >= 15 is 0 Å². The lowest BCUT2D eigenvalue weighted by Gasteiger charge is -2.09. The van der Waals surface area contributed by atoms with Crippen LogP contribution in [-0.4, -0.2) is 30.6 Å². The van der Waals surface area contributed by atoms with Crippen LogP contribution in [0, 0.1) is 0 Å². The first-order valence-electron chi connectivity index (χ1n) is 5.02. The van der Waals surface area contributed by atoms with E-state index in [2.05, 4.69) is 10.6 Å². The average Bonchev–Trinajstić information content (AvgIpc) is 2.30. The Morgan fingerprint density at radius 1 is 1.41 bits per heavy atom. The zero-order chi connectivity index (χ0) is 12.8. The third-order valence-electron chi connectivity index (χ3n) is 2.16. The molecule has 0 aliphatic rings. The van der Waals surface area contributed by atoms with Gasteiger partial charge >= 0.3 is 5.97 Å². The number of hydrogen-bond acceptors (Lipinski definition) is 3. The van der Waals surface area contributed by atoms with E-state index in [1.54, 1.807) is 19.2 Å². The number of carbonyl (C=O) groups excluding carboxylic acids is 1. The van der Waals surface area contributed by atoms with Gasteiger partial charge in [-0.15, -0.1) is 0 Å². The molecule has 0 fully saturated rings. The van der Waals surface area contributed by atoms with Gasteiger partial charge in [-0.3, -0.25) is 4.79 Å². The second-order valence-electron chi connectivity index (χ2n) is 3.35. The van der Waals surface area contributed by atoms with E-state index in [0.29, 0.717) is 17.3 Å². The van der Waals surface area contributed by atoms with Crippen LogP contribution in [0.5, 0.6) is 0 Å². The zero-order valence-electron chi connectivity index (χ0n) is 9.29. The minimum Gasteiger partial charge on any atom is -0.478 e. The smallest absolute Gasteiger partial charge is 0.337 e. The Morgan fingerprint density at radius 3 is 2.71 bits per heavy atom. The van der Waals surface area contributed by atoms with E-state index in [9.17, 15) is 9.59 Å². The lowest BCUT2D eigenvalue weighted by atomic mass is 10.1. The highest BCUT2D eigenvalue weighted by Crippen LogP contribution is 2.20. The summed E-state index contributed by atoms with van der Waals surface area (Å²) in [6.45, 7) is 0.363. The summed E-state index contributed by atoms with van der Waals surface area (Å²) in [5.74, 6) is -1.17. The molecule has 6 heteroatoms. The maximum atomic E-state index is 11.0. The second kappa shape index (κ2) is 6.10. The molecule has 1 aromatic carbocycles. The molecule has 1 rings (SSSR count). The van der Waals surface area contributed by atoms with Crippen LogP contribution in [0.3, 0.4) is 0 Å². The largest absolute Gasteiger partial charge is 0.478 e. The maximum Gasteiger partial charge on any atom is 0.337 e. The summed E-state index contributed by atoms with van der Waals surface area (Å²) >= 11 is 5.71. The molecule has 5 nitrogen and oxygen atoms in total. The molecule has 0 radical (unpaired) electrons. The molecule has 0 saturated heterocycles. The van der Waals surface area contributed by atoms with Gasteiger partial charge in [0.25, 0.3) is 0 Å². The number of amides is 1.